The maximum Gasteiger partial charge on any atom is 0.176 e. The fraction of sp³-hybridized carbons (Fsp3) is 0.167. The summed E-state index contributed by atoms with van der Waals surface area (Å²) in [7, 11) is 0. The number of hydrogen-bond donors (Lipinski definition) is 0. The number of fused-ring (bicyclic) bond motifs is 1. The molecule has 0 aliphatic rings. The fourth-order valence-corrected chi connectivity index (χ4v) is 2.68. The molecule has 3 rings (SSSR count). The zero-order valence-corrected chi connectivity index (χ0v) is 9.95. The number of hydrogen-bond acceptors (Lipinski definition) is 3. The molecule has 3 nitrogen and oxygen atoms in total. The van der Waals surface area contributed by atoms with Crippen molar-refractivity contribution in [3.05, 3.63) is 41.2 Å². The minimum atomic E-state index is 0.964. The number of rotatable bonds is 1. The van der Waals surface area contributed by atoms with Crippen LogP contribution in [-0.4, -0.2) is 14.5 Å². The molecule has 0 radical (unpaired) electrons. The number of nitrogens with zero attached hydrogens (tertiary/aromatic N) is 3. The quantitative estimate of drug-likeness (QED) is 0.642. The molecular formula is C12H11N3S. The maximum atomic E-state index is 4.53. The third kappa shape index (κ3) is 1.34. The first-order chi connectivity index (χ1) is 7.75. The zero-order chi connectivity index (χ0) is 11.1. The molecule has 1 aromatic carbocycles. The molecule has 80 valence electrons. The Morgan fingerprint density at radius 1 is 1.06 bits per heavy atom. The smallest absolute Gasteiger partial charge is 0.176 e. The summed E-state index contributed by atoms with van der Waals surface area (Å²) in [5.74, 6) is 0.986. The van der Waals surface area contributed by atoms with Gasteiger partial charge in [-0.1, -0.05) is 29.5 Å². The van der Waals surface area contributed by atoms with Gasteiger partial charge >= 0.3 is 0 Å². The highest BCUT2D eigenvalue weighted by atomic mass is 32.1. The van der Waals surface area contributed by atoms with E-state index >= 15 is 0 Å². The Morgan fingerprint density at radius 3 is 2.56 bits per heavy atom. The highest BCUT2D eigenvalue weighted by Crippen LogP contribution is 2.24. The van der Waals surface area contributed by atoms with Gasteiger partial charge in [0.2, 0.25) is 0 Å². The Bertz CT molecular complexity index is 637. The van der Waals surface area contributed by atoms with Crippen molar-refractivity contribution in [3.8, 4) is 5.69 Å². The van der Waals surface area contributed by atoms with E-state index < -0.39 is 0 Å². The molecule has 0 aliphatic carbocycles. The number of thiazole rings is 1. The van der Waals surface area contributed by atoms with Crippen LogP contribution in [0.1, 0.15) is 10.8 Å². The Balaban J connectivity index is 2.33. The molecule has 2 heterocycles. The van der Waals surface area contributed by atoms with Crippen molar-refractivity contribution in [1.29, 1.82) is 0 Å². The van der Waals surface area contributed by atoms with Crippen molar-refractivity contribution in [1.82, 2.24) is 14.5 Å². The molecule has 0 spiro atoms. The highest BCUT2D eigenvalue weighted by molar-refractivity contribution is 7.18. The lowest BCUT2D eigenvalue weighted by Crippen LogP contribution is -1.97. The maximum absolute atomic E-state index is 4.53. The normalized spacial score (nSPS) is 11.1. The molecule has 0 saturated heterocycles. The molecule has 0 unspecified atom stereocenters. The first-order valence-electron chi connectivity index (χ1n) is 5.13. The standard InChI is InChI=1S/C12H11N3S/c1-8-13-12-11(14-9(2)16-12)15(8)10-6-4-3-5-7-10/h3-7H,1-2H3. The molecule has 16 heavy (non-hydrogen) atoms. The van der Waals surface area contributed by atoms with Crippen LogP contribution in [0.4, 0.5) is 0 Å². The Morgan fingerprint density at radius 2 is 1.81 bits per heavy atom. The monoisotopic (exact) mass is 229 g/mol. The van der Waals surface area contributed by atoms with Gasteiger partial charge in [-0.2, -0.15) is 0 Å². The average Bonchev–Trinajstić information content (AvgIpc) is 2.74. The van der Waals surface area contributed by atoms with E-state index in [4.69, 9.17) is 0 Å². The van der Waals surface area contributed by atoms with Crippen LogP contribution in [0.25, 0.3) is 16.2 Å². The number of aryl methyl sites for hydroxylation is 2. The van der Waals surface area contributed by atoms with Crippen LogP contribution < -0.4 is 0 Å². The van der Waals surface area contributed by atoms with E-state index in [-0.39, 0.29) is 0 Å². The summed E-state index contributed by atoms with van der Waals surface area (Å²) in [6.45, 7) is 4.02. The largest absolute Gasteiger partial charge is 0.280 e. The summed E-state index contributed by atoms with van der Waals surface area (Å²) in [5, 5.41) is 1.06. The average molecular weight is 229 g/mol. The second-order valence-electron chi connectivity index (χ2n) is 3.69. The van der Waals surface area contributed by atoms with Gasteiger partial charge in [-0.05, 0) is 26.0 Å². The minimum Gasteiger partial charge on any atom is -0.280 e. The minimum absolute atomic E-state index is 0.964. The first-order valence-corrected chi connectivity index (χ1v) is 5.95. The summed E-state index contributed by atoms with van der Waals surface area (Å²) < 4.78 is 2.10. The molecular weight excluding hydrogens is 218 g/mol. The van der Waals surface area contributed by atoms with Gasteiger partial charge in [0.15, 0.2) is 10.5 Å². The van der Waals surface area contributed by atoms with Crippen LogP contribution in [0.3, 0.4) is 0 Å². The van der Waals surface area contributed by atoms with E-state index in [1.165, 1.54) is 0 Å². The van der Waals surface area contributed by atoms with Gasteiger partial charge in [0.25, 0.3) is 0 Å². The lowest BCUT2D eigenvalue weighted by molar-refractivity contribution is 0.984. The molecule has 0 bridgehead atoms. The van der Waals surface area contributed by atoms with Crippen molar-refractivity contribution in [2.75, 3.05) is 0 Å². The summed E-state index contributed by atoms with van der Waals surface area (Å²) in [6, 6.07) is 10.2. The summed E-state index contributed by atoms with van der Waals surface area (Å²) in [5.41, 5.74) is 2.08. The number of benzene rings is 1. The molecule has 0 saturated carbocycles. The zero-order valence-electron chi connectivity index (χ0n) is 9.14. The van der Waals surface area contributed by atoms with Crippen molar-refractivity contribution in [2.24, 2.45) is 0 Å². The third-order valence-corrected chi connectivity index (χ3v) is 3.37. The van der Waals surface area contributed by atoms with Crippen molar-refractivity contribution in [3.63, 3.8) is 0 Å². The van der Waals surface area contributed by atoms with Crippen LogP contribution >= 0.6 is 11.3 Å². The van der Waals surface area contributed by atoms with Crippen molar-refractivity contribution < 1.29 is 0 Å². The number of para-hydroxylation sites is 1. The van der Waals surface area contributed by atoms with E-state index in [2.05, 4.69) is 26.7 Å². The van der Waals surface area contributed by atoms with Gasteiger partial charge < -0.3 is 0 Å². The highest BCUT2D eigenvalue weighted by Gasteiger charge is 2.12. The third-order valence-electron chi connectivity index (χ3n) is 2.51. The molecule has 0 N–H and O–H groups in total. The predicted octanol–water partition coefficient (Wildman–Crippen LogP) is 3.10. The Labute approximate surface area is 97.4 Å². The van der Waals surface area contributed by atoms with Crippen LogP contribution in [0, 0.1) is 13.8 Å². The van der Waals surface area contributed by atoms with E-state index in [9.17, 15) is 0 Å². The summed E-state index contributed by atoms with van der Waals surface area (Å²) >= 11 is 1.64. The van der Waals surface area contributed by atoms with Gasteiger partial charge in [-0.25, -0.2) is 9.97 Å². The molecule has 4 heteroatoms. The summed E-state index contributed by atoms with van der Waals surface area (Å²) in [6.07, 6.45) is 0. The fourth-order valence-electron chi connectivity index (χ4n) is 1.86. The predicted molar refractivity (Wildman–Crippen MR) is 66.2 cm³/mol. The second-order valence-corrected chi connectivity index (χ2v) is 4.87. The molecule has 2 aromatic heterocycles. The van der Waals surface area contributed by atoms with Crippen molar-refractivity contribution >= 4 is 21.8 Å². The van der Waals surface area contributed by atoms with Crippen LogP contribution in [0.15, 0.2) is 30.3 Å². The van der Waals surface area contributed by atoms with E-state index in [0.717, 1.165) is 27.0 Å². The first kappa shape index (κ1) is 9.54. The van der Waals surface area contributed by atoms with E-state index in [1.54, 1.807) is 11.3 Å². The Kier molecular flexibility index (Phi) is 2.04. The van der Waals surface area contributed by atoms with Gasteiger partial charge in [-0.3, -0.25) is 4.57 Å². The number of imidazole rings is 1. The van der Waals surface area contributed by atoms with Crippen molar-refractivity contribution in [2.45, 2.75) is 13.8 Å². The Hall–Kier alpha value is -1.68. The summed E-state index contributed by atoms with van der Waals surface area (Å²) in [4.78, 5) is 10.1. The molecule has 0 aliphatic heterocycles. The molecule has 3 aromatic rings. The lowest BCUT2D eigenvalue weighted by atomic mass is 10.3. The number of aromatic nitrogens is 3. The van der Waals surface area contributed by atoms with Crippen LogP contribution in [-0.2, 0) is 0 Å². The van der Waals surface area contributed by atoms with Gasteiger partial charge in [0, 0.05) is 5.69 Å². The lowest BCUT2D eigenvalue weighted by Gasteiger charge is -2.04. The molecule has 0 fully saturated rings. The van der Waals surface area contributed by atoms with Crippen LogP contribution in [0.5, 0.6) is 0 Å². The second kappa shape index (κ2) is 3.42. The SMILES string of the molecule is Cc1nc2c(nc(C)n2-c2ccccc2)s1. The van der Waals surface area contributed by atoms with Gasteiger partial charge in [0.05, 0.1) is 5.01 Å². The van der Waals surface area contributed by atoms with E-state index in [1.807, 2.05) is 32.0 Å². The topological polar surface area (TPSA) is 30.7 Å². The molecule has 0 amide bonds. The van der Waals surface area contributed by atoms with Gasteiger partial charge in [-0.15, -0.1) is 0 Å². The molecule has 0 atom stereocenters. The van der Waals surface area contributed by atoms with Crippen LogP contribution in [0.2, 0.25) is 0 Å². The van der Waals surface area contributed by atoms with E-state index in [0.29, 0.717) is 0 Å². The van der Waals surface area contributed by atoms with Gasteiger partial charge in [0.1, 0.15) is 5.82 Å².